The van der Waals surface area contributed by atoms with Gasteiger partial charge in [0, 0.05) is 29.4 Å². The maximum absolute atomic E-state index is 13.6. The summed E-state index contributed by atoms with van der Waals surface area (Å²) in [5.41, 5.74) is 1.00. The van der Waals surface area contributed by atoms with Gasteiger partial charge in [-0.2, -0.15) is 4.31 Å². The highest BCUT2D eigenvalue weighted by Gasteiger charge is 2.51. The molecule has 1 heterocycles. The fraction of sp³-hybridized carbons (Fsp3) is 0.533. The second-order valence-corrected chi connectivity index (χ2v) is 13.9. The molecule has 0 radical (unpaired) electrons. The third-order valence-corrected chi connectivity index (χ3v) is 11.2. The van der Waals surface area contributed by atoms with Crippen LogP contribution in [0.15, 0.2) is 47.4 Å². The van der Waals surface area contributed by atoms with Crippen LogP contribution in [0.2, 0.25) is 0 Å². The highest BCUT2D eigenvalue weighted by atomic mass is 32.2. The van der Waals surface area contributed by atoms with Gasteiger partial charge < -0.3 is 20.1 Å². The highest BCUT2D eigenvalue weighted by Crippen LogP contribution is 2.55. The molecule has 10 heteroatoms. The summed E-state index contributed by atoms with van der Waals surface area (Å²) >= 11 is 0. The van der Waals surface area contributed by atoms with Gasteiger partial charge in [-0.05, 0) is 106 Å². The number of anilines is 1. The minimum atomic E-state index is -4.03. The Kier molecular flexibility index (Phi) is 7.02. The summed E-state index contributed by atoms with van der Waals surface area (Å²) in [5, 5.41) is 6.23. The number of methoxy groups -OCH3 is 2. The van der Waals surface area contributed by atoms with Gasteiger partial charge in [0.2, 0.25) is 15.9 Å². The number of hydrogen-bond donors (Lipinski definition) is 2. The van der Waals surface area contributed by atoms with Gasteiger partial charge in [-0.15, -0.1) is 0 Å². The van der Waals surface area contributed by atoms with Crippen LogP contribution in [0.3, 0.4) is 0 Å². The van der Waals surface area contributed by atoms with E-state index in [-0.39, 0.29) is 28.6 Å². The molecular formula is C30H37N3O6S. The van der Waals surface area contributed by atoms with Crippen LogP contribution in [0.5, 0.6) is 11.5 Å². The van der Waals surface area contributed by atoms with E-state index in [0.29, 0.717) is 29.8 Å². The lowest BCUT2D eigenvalue weighted by molar-refractivity contribution is -0.119. The van der Waals surface area contributed by atoms with Crippen molar-refractivity contribution in [2.75, 3.05) is 26.1 Å². The first-order valence-corrected chi connectivity index (χ1v) is 15.6. The van der Waals surface area contributed by atoms with Crippen molar-refractivity contribution in [1.29, 1.82) is 0 Å². The van der Waals surface area contributed by atoms with E-state index in [4.69, 9.17) is 9.47 Å². The fourth-order valence-corrected chi connectivity index (χ4v) is 9.74. The maximum atomic E-state index is 13.6. The third-order valence-electron chi connectivity index (χ3n) is 9.30. The first-order valence-electron chi connectivity index (χ1n) is 14.2. The molecule has 0 unspecified atom stereocenters. The molecule has 5 aliphatic rings. The van der Waals surface area contributed by atoms with Crippen LogP contribution in [0, 0.1) is 17.8 Å². The Balaban J connectivity index is 1.12. The molecule has 1 atom stereocenters. The summed E-state index contributed by atoms with van der Waals surface area (Å²) in [4.78, 5) is 26.4. The summed E-state index contributed by atoms with van der Waals surface area (Å²) in [7, 11) is -1.16. The molecule has 4 aliphatic carbocycles. The van der Waals surface area contributed by atoms with Crippen LogP contribution in [-0.4, -0.2) is 56.9 Å². The zero-order chi connectivity index (χ0) is 28.1. The van der Waals surface area contributed by atoms with E-state index >= 15 is 0 Å². The molecule has 40 heavy (non-hydrogen) atoms. The van der Waals surface area contributed by atoms with Crippen molar-refractivity contribution in [3.8, 4) is 11.5 Å². The largest absolute Gasteiger partial charge is 0.497 e. The molecule has 2 aromatic rings. The minimum Gasteiger partial charge on any atom is -0.497 e. The first-order chi connectivity index (χ1) is 19.2. The third kappa shape index (κ3) is 4.96. The molecule has 1 saturated heterocycles. The molecule has 9 nitrogen and oxygen atoms in total. The van der Waals surface area contributed by atoms with Crippen LogP contribution in [0.25, 0.3) is 0 Å². The van der Waals surface area contributed by atoms with E-state index in [0.717, 1.165) is 37.0 Å². The minimum absolute atomic E-state index is 0.0385. The quantitative estimate of drug-likeness (QED) is 0.495. The Hall–Kier alpha value is -3.11. The molecule has 4 saturated carbocycles. The van der Waals surface area contributed by atoms with Crippen molar-refractivity contribution >= 4 is 27.5 Å². The molecule has 5 fully saturated rings. The zero-order valence-electron chi connectivity index (χ0n) is 23.0. The van der Waals surface area contributed by atoms with Gasteiger partial charge in [0.15, 0.2) is 0 Å². The van der Waals surface area contributed by atoms with Gasteiger partial charge >= 0.3 is 0 Å². The topological polar surface area (TPSA) is 114 Å². The van der Waals surface area contributed by atoms with Gasteiger partial charge in [0.25, 0.3) is 5.91 Å². The predicted molar refractivity (Wildman–Crippen MR) is 150 cm³/mol. The van der Waals surface area contributed by atoms with Gasteiger partial charge in [-0.3, -0.25) is 9.59 Å². The van der Waals surface area contributed by atoms with E-state index in [2.05, 4.69) is 10.6 Å². The maximum Gasteiger partial charge on any atom is 0.251 e. The molecule has 2 amide bonds. The van der Waals surface area contributed by atoms with Gasteiger partial charge in [0.1, 0.15) is 22.4 Å². The summed E-state index contributed by atoms with van der Waals surface area (Å²) < 4.78 is 38.9. The van der Waals surface area contributed by atoms with Crippen molar-refractivity contribution in [2.45, 2.75) is 67.8 Å². The number of carbonyl (C=O) groups excluding carboxylic acids is 2. The second kappa shape index (κ2) is 10.4. The van der Waals surface area contributed by atoms with E-state index in [1.54, 1.807) is 30.3 Å². The summed E-state index contributed by atoms with van der Waals surface area (Å²) in [6.45, 7) is 0.226. The Labute approximate surface area is 235 Å². The highest BCUT2D eigenvalue weighted by molar-refractivity contribution is 7.89. The monoisotopic (exact) mass is 567 g/mol. The summed E-state index contributed by atoms with van der Waals surface area (Å²) in [5.74, 6) is 2.32. The van der Waals surface area contributed by atoms with Crippen molar-refractivity contribution in [1.82, 2.24) is 9.62 Å². The number of nitrogens with zero attached hydrogens (tertiary/aromatic N) is 1. The molecule has 4 bridgehead atoms. The first kappa shape index (κ1) is 27.1. The van der Waals surface area contributed by atoms with Gasteiger partial charge in [0.05, 0.1) is 14.2 Å². The fourth-order valence-electron chi connectivity index (χ4n) is 7.91. The number of carbonyl (C=O) groups is 2. The molecule has 7 rings (SSSR count). The van der Waals surface area contributed by atoms with E-state index in [9.17, 15) is 18.0 Å². The van der Waals surface area contributed by atoms with Crippen LogP contribution in [-0.2, 0) is 14.8 Å². The number of benzene rings is 2. The molecular weight excluding hydrogens is 530 g/mol. The molecule has 0 aromatic heterocycles. The molecule has 2 aromatic carbocycles. The van der Waals surface area contributed by atoms with E-state index in [1.807, 2.05) is 0 Å². The number of nitrogens with one attached hydrogen (secondary N) is 2. The smallest absolute Gasteiger partial charge is 0.251 e. The van der Waals surface area contributed by atoms with Crippen LogP contribution in [0.4, 0.5) is 5.69 Å². The lowest BCUT2D eigenvalue weighted by Gasteiger charge is -2.56. The van der Waals surface area contributed by atoms with Crippen LogP contribution in [0.1, 0.15) is 61.7 Å². The van der Waals surface area contributed by atoms with Crippen molar-refractivity contribution in [3.63, 3.8) is 0 Å². The van der Waals surface area contributed by atoms with Crippen molar-refractivity contribution in [3.05, 3.63) is 48.0 Å². The van der Waals surface area contributed by atoms with Crippen LogP contribution >= 0.6 is 0 Å². The van der Waals surface area contributed by atoms with Crippen molar-refractivity contribution < 1.29 is 27.5 Å². The van der Waals surface area contributed by atoms with Gasteiger partial charge in [-0.25, -0.2) is 8.42 Å². The Morgan fingerprint density at radius 2 is 1.57 bits per heavy atom. The average Bonchev–Trinajstić information content (AvgIpc) is 3.43. The Morgan fingerprint density at radius 3 is 2.17 bits per heavy atom. The molecule has 214 valence electrons. The van der Waals surface area contributed by atoms with E-state index < -0.39 is 22.0 Å². The molecule has 2 N–H and O–H groups in total. The van der Waals surface area contributed by atoms with Gasteiger partial charge in [-0.1, -0.05) is 0 Å². The summed E-state index contributed by atoms with van der Waals surface area (Å²) in [6, 6.07) is 10.5. The number of sulfonamides is 1. The molecule has 1 aliphatic heterocycles. The van der Waals surface area contributed by atoms with Crippen molar-refractivity contribution in [2.24, 2.45) is 17.8 Å². The second-order valence-electron chi connectivity index (χ2n) is 12.0. The lowest BCUT2D eigenvalue weighted by Crippen LogP contribution is -2.59. The Bertz CT molecular complexity index is 1370. The zero-order valence-corrected chi connectivity index (χ0v) is 23.8. The lowest BCUT2D eigenvalue weighted by atomic mass is 9.53. The molecule has 0 spiro atoms. The SMILES string of the molecule is COc1ccc(OC)c(S(=O)(=O)N2CCC[C@@H]2C(=O)Nc2ccc(C(=O)NC34CC5CC(CC(C5)C3)C4)cc2)c1. The standard InChI is InChI=1S/C30H37N3O6S/c1-38-24-9-10-26(39-2)27(15-24)40(36,37)33-11-3-4-25(33)29(35)31-23-7-5-22(6-8-23)28(34)32-30-16-19-12-20(17-30)14-21(13-19)18-30/h5-10,15,19-21,25H,3-4,11-14,16-18H2,1-2H3,(H,31,35)(H,32,34)/t19?,20?,21?,25-,30?/m1/s1. The number of rotatable bonds is 8. The Morgan fingerprint density at radius 1 is 0.925 bits per heavy atom. The summed E-state index contributed by atoms with van der Waals surface area (Å²) in [6.07, 6.45) is 8.17. The number of hydrogen-bond acceptors (Lipinski definition) is 6. The number of amides is 2. The van der Waals surface area contributed by atoms with E-state index in [1.165, 1.54) is 49.9 Å². The average molecular weight is 568 g/mol. The normalized spacial score (nSPS) is 29.2. The predicted octanol–water partition coefficient (Wildman–Crippen LogP) is 4.19. The number of ether oxygens (including phenoxy) is 2. The van der Waals surface area contributed by atoms with Crippen LogP contribution < -0.4 is 20.1 Å².